The Kier molecular flexibility index (Phi) is 6.37. The Labute approximate surface area is 236 Å². The number of benzene rings is 1. The average molecular weight is 547 g/mol. The third kappa shape index (κ3) is 4.05. The fraction of sp³-hybridized carbons (Fsp3) is 0.625. The number of aromatic nitrogens is 1. The Morgan fingerprint density at radius 3 is 2.38 bits per heavy atom. The molecule has 1 aromatic heterocycles. The number of hydrogen-bond donors (Lipinski definition) is 3. The van der Waals surface area contributed by atoms with Gasteiger partial charge in [0.25, 0.3) is 0 Å². The van der Waals surface area contributed by atoms with Crippen LogP contribution in [0.3, 0.4) is 0 Å². The molecule has 8 nitrogen and oxygen atoms in total. The molecule has 1 saturated heterocycles. The van der Waals surface area contributed by atoms with Crippen LogP contribution in [-0.4, -0.2) is 63.2 Å². The largest absolute Gasteiger partial charge is 0.494 e. The second-order valence-electron chi connectivity index (χ2n) is 13.2. The number of piperidine rings is 1. The summed E-state index contributed by atoms with van der Waals surface area (Å²) in [7, 11) is 0. The first kappa shape index (κ1) is 25.9. The second kappa shape index (κ2) is 9.82. The number of para-hydroxylation sites is 1. The van der Waals surface area contributed by atoms with Crippen LogP contribution >= 0.6 is 0 Å². The molecule has 3 aliphatic carbocycles. The molecule has 2 saturated carbocycles. The first-order chi connectivity index (χ1) is 19.3. The van der Waals surface area contributed by atoms with Gasteiger partial charge in [-0.05, 0) is 67.4 Å². The molecule has 3 fully saturated rings. The maximum atomic E-state index is 12.8. The van der Waals surface area contributed by atoms with Gasteiger partial charge in [-0.3, -0.25) is 14.2 Å². The predicted molar refractivity (Wildman–Crippen MR) is 153 cm³/mol. The highest BCUT2D eigenvalue weighted by atomic mass is 16.3. The number of likely N-dealkylation sites (tertiary alicyclic amines) is 1. The van der Waals surface area contributed by atoms with E-state index in [1.165, 1.54) is 12.8 Å². The maximum Gasteiger partial charge on any atom is 0.231 e. The number of nitrogens with one attached hydrogen (secondary N) is 1. The Bertz CT molecular complexity index is 1330. The summed E-state index contributed by atoms with van der Waals surface area (Å²) in [4.78, 5) is 29.2. The van der Waals surface area contributed by atoms with Gasteiger partial charge in [0, 0.05) is 67.9 Å². The average Bonchev–Trinajstić information content (AvgIpc) is 3.72. The fourth-order valence-corrected chi connectivity index (χ4v) is 9.13. The van der Waals surface area contributed by atoms with Crippen molar-refractivity contribution in [2.24, 2.45) is 17.8 Å². The van der Waals surface area contributed by atoms with Gasteiger partial charge in [0.05, 0.1) is 6.42 Å². The SMILES string of the molecule is CC(=O)NC1C2CC(c3c2c(O)n(C[C@H]2CCC[C@@H]2CN2CCC(N4C(=O)Cc5ccccc54)CC2)c3O)C1C. The third-order valence-electron chi connectivity index (χ3n) is 11.0. The van der Waals surface area contributed by atoms with Crippen LogP contribution in [0.5, 0.6) is 11.8 Å². The molecule has 4 unspecified atom stereocenters. The summed E-state index contributed by atoms with van der Waals surface area (Å²) in [5.41, 5.74) is 4.05. The first-order valence-corrected chi connectivity index (χ1v) is 15.4. The van der Waals surface area contributed by atoms with Crippen molar-refractivity contribution in [3.8, 4) is 11.8 Å². The Hall–Kier alpha value is -3.00. The molecule has 5 aliphatic rings. The number of nitrogens with zero attached hydrogens (tertiary/aromatic N) is 3. The molecule has 3 heterocycles. The molecule has 7 rings (SSSR count). The van der Waals surface area contributed by atoms with Crippen LogP contribution in [0.25, 0.3) is 0 Å². The number of fused-ring (bicyclic) bond motifs is 6. The van der Waals surface area contributed by atoms with Crippen LogP contribution < -0.4 is 10.2 Å². The number of amides is 2. The molecule has 2 amide bonds. The zero-order chi connectivity index (χ0) is 27.7. The number of hydrogen-bond acceptors (Lipinski definition) is 5. The molecule has 0 radical (unpaired) electrons. The normalized spacial score (nSPS) is 31.6. The van der Waals surface area contributed by atoms with Crippen molar-refractivity contribution >= 4 is 17.5 Å². The number of carbonyl (C=O) groups excluding carboxylic acids is 2. The summed E-state index contributed by atoms with van der Waals surface area (Å²) in [6.07, 6.45) is 6.88. The second-order valence-corrected chi connectivity index (χ2v) is 13.2. The number of anilines is 1. The number of aromatic hydroxyl groups is 2. The Morgan fingerprint density at radius 1 is 0.975 bits per heavy atom. The zero-order valence-electron chi connectivity index (χ0n) is 23.7. The monoisotopic (exact) mass is 546 g/mol. The van der Waals surface area contributed by atoms with Gasteiger partial charge in [-0.2, -0.15) is 0 Å². The van der Waals surface area contributed by atoms with Gasteiger partial charge in [-0.1, -0.05) is 31.5 Å². The van der Waals surface area contributed by atoms with E-state index in [0.717, 1.165) is 67.7 Å². The summed E-state index contributed by atoms with van der Waals surface area (Å²) in [6.45, 7) is 7.38. The van der Waals surface area contributed by atoms with Crippen LogP contribution in [-0.2, 0) is 22.6 Å². The van der Waals surface area contributed by atoms with Gasteiger partial charge in [0.15, 0.2) is 11.8 Å². The molecule has 6 atom stereocenters. The molecular formula is C32H42N4O4. The topological polar surface area (TPSA) is 98.0 Å². The van der Waals surface area contributed by atoms with Gasteiger partial charge in [-0.25, -0.2) is 0 Å². The molecule has 2 aromatic rings. The summed E-state index contributed by atoms with van der Waals surface area (Å²) in [6, 6.07) is 8.50. The lowest BCUT2D eigenvalue weighted by atomic mass is 9.82. The van der Waals surface area contributed by atoms with Crippen LogP contribution in [0.2, 0.25) is 0 Å². The van der Waals surface area contributed by atoms with Crippen molar-refractivity contribution in [2.75, 3.05) is 24.5 Å². The van der Waals surface area contributed by atoms with Gasteiger partial charge < -0.3 is 25.3 Å². The van der Waals surface area contributed by atoms with Crippen LogP contribution in [0.15, 0.2) is 24.3 Å². The molecule has 40 heavy (non-hydrogen) atoms. The van der Waals surface area contributed by atoms with E-state index >= 15 is 0 Å². The van der Waals surface area contributed by atoms with Gasteiger partial charge in [0.1, 0.15) is 0 Å². The molecule has 2 bridgehead atoms. The highest BCUT2D eigenvalue weighted by Gasteiger charge is 2.54. The quantitative estimate of drug-likeness (QED) is 0.507. The van der Waals surface area contributed by atoms with Gasteiger partial charge in [0.2, 0.25) is 11.8 Å². The van der Waals surface area contributed by atoms with E-state index in [1.54, 1.807) is 11.5 Å². The van der Waals surface area contributed by atoms with E-state index in [-0.39, 0.29) is 53.4 Å². The van der Waals surface area contributed by atoms with E-state index in [2.05, 4.69) is 34.2 Å². The number of carbonyl (C=O) groups is 2. The molecule has 0 spiro atoms. The summed E-state index contributed by atoms with van der Waals surface area (Å²) in [5, 5.41) is 25.7. The molecule has 2 aliphatic heterocycles. The van der Waals surface area contributed by atoms with Gasteiger partial charge in [-0.15, -0.1) is 0 Å². The smallest absolute Gasteiger partial charge is 0.231 e. The van der Waals surface area contributed by atoms with E-state index in [4.69, 9.17) is 0 Å². The van der Waals surface area contributed by atoms with E-state index < -0.39 is 0 Å². The summed E-state index contributed by atoms with van der Waals surface area (Å²) < 4.78 is 1.78. The minimum Gasteiger partial charge on any atom is -0.494 e. The standard InChI is InChI=1S/C32H42N4O4/c1-18-24-15-25(30(18)33-19(2)37)29-28(24)31(39)35(32(29)40)17-22-8-5-7-21(22)16-34-12-10-23(11-13-34)36-26-9-4-3-6-20(26)14-27(36)38/h3-4,6,9,18,21-25,30,39-40H,5,7-8,10-17H2,1-2H3,(H,33,37)/t18?,21-,22-,24?,25?,30?/m1/s1. The molecule has 3 N–H and O–H groups in total. The summed E-state index contributed by atoms with van der Waals surface area (Å²) >= 11 is 0. The summed E-state index contributed by atoms with van der Waals surface area (Å²) in [5.74, 6) is 2.09. The molecule has 1 aromatic carbocycles. The Balaban J connectivity index is 1.01. The molecular weight excluding hydrogens is 504 g/mol. The molecule has 214 valence electrons. The lowest BCUT2D eigenvalue weighted by Crippen LogP contribution is -2.47. The van der Waals surface area contributed by atoms with Crippen molar-refractivity contribution in [2.45, 2.75) is 89.3 Å². The van der Waals surface area contributed by atoms with Crippen molar-refractivity contribution < 1.29 is 19.8 Å². The molecule has 8 heteroatoms. The minimum absolute atomic E-state index is 0.0163. The van der Waals surface area contributed by atoms with Crippen molar-refractivity contribution in [3.05, 3.63) is 41.0 Å². The number of rotatable bonds is 6. The van der Waals surface area contributed by atoms with Crippen LogP contribution in [0, 0.1) is 17.8 Å². The zero-order valence-corrected chi connectivity index (χ0v) is 23.7. The van der Waals surface area contributed by atoms with Crippen LogP contribution in [0.1, 0.15) is 80.9 Å². The lowest BCUT2D eigenvalue weighted by Gasteiger charge is -2.38. The maximum absolute atomic E-state index is 12.8. The van der Waals surface area contributed by atoms with Gasteiger partial charge >= 0.3 is 0 Å². The first-order valence-electron chi connectivity index (χ1n) is 15.4. The van der Waals surface area contributed by atoms with Crippen molar-refractivity contribution in [1.29, 1.82) is 0 Å². The lowest BCUT2D eigenvalue weighted by molar-refractivity contribution is -0.120. The van der Waals surface area contributed by atoms with Crippen molar-refractivity contribution in [1.82, 2.24) is 14.8 Å². The third-order valence-corrected chi connectivity index (χ3v) is 11.0. The minimum atomic E-state index is -0.0382. The van der Waals surface area contributed by atoms with Crippen molar-refractivity contribution in [3.63, 3.8) is 0 Å². The Morgan fingerprint density at radius 2 is 1.65 bits per heavy atom. The predicted octanol–water partition coefficient (Wildman–Crippen LogP) is 4.09. The highest BCUT2D eigenvalue weighted by molar-refractivity contribution is 6.01. The van der Waals surface area contributed by atoms with Crippen LogP contribution in [0.4, 0.5) is 5.69 Å². The highest BCUT2D eigenvalue weighted by Crippen LogP contribution is 2.62. The van der Waals surface area contributed by atoms with E-state index in [1.807, 2.05) is 12.1 Å². The van der Waals surface area contributed by atoms with E-state index in [9.17, 15) is 19.8 Å². The fourth-order valence-electron chi connectivity index (χ4n) is 9.13. The van der Waals surface area contributed by atoms with E-state index in [0.29, 0.717) is 24.8 Å².